The molecule has 4 aromatic heterocycles. The predicted molar refractivity (Wildman–Crippen MR) is 110 cm³/mol. The lowest BCUT2D eigenvalue weighted by Crippen LogP contribution is -2.13. The van der Waals surface area contributed by atoms with Crippen molar-refractivity contribution >= 4 is 22.6 Å². The maximum Gasteiger partial charge on any atom is 0.256 e. The third kappa shape index (κ3) is 3.39. The van der Waals surface area contributed by atoms with Crippen LogP contribution in [0, 0.1) is 20.8 Å². The van der Waals surface area contributed by atoms with E-state index in [0.29, 0.717) is 23.4 Å². The standard InChI is InChI=1S/C20H24N8O/c1-6-28-14(4)15(8-22-28)10-27-11-16(9-21-27)24-20(29)17-7-12(2)23-19-18(17)13(3)25-26(19)5/h7-9,11H,6,10H2,1-5H3,(H,24,29). The molecule has 1 amide bonds. The fourth-order valence-corrected chi connectivity index (χ4v) is 3.60. The smallest absolute Gasteiger partial charge is 0.256 e. The molecule has 0 saturated carbocycles. The number of aryl methyl sites for hydroxylation is 4. The Kier molecular flexibility index (Phi) is 4.65. The molecule has 0 aliphatic rings. The van der Waals surface area contributed by atoms with Crippen LogP contribution in [0.5, 0.6) is 0 Å². The van der Waals surface area contributed by atoms with Crippen LogP contribution in [0.4, 0.5) is 5.69 Å². The van der Waals surface area contributed by atoms with Crippen LogP contribution in [-0.2, 0) is 20.1 Å². The van der Waals surface area contributed by atoms with Crippen molar-refractivity contribution in [1.29, 1.82) is 0 Å². The Morgan fingerprint density at radius 2 is 1.97 bits per heavy atom. The zero-order valence-electron chi connectivity index (χ0n) is 17.3. The van der Waals surface area contributed by atoms with Crippen LogP contribution in [0.15, 0.2) is 24.7 Å². The number of amides is 1. The van der Waals surface area contributed by atoms with Crippen LogP contribution in [0.1, 0.15) is 39.9 Å². The van der Waals surface area contributed by atoms with Gasteiger partial charge >= 0.3 is 0 Å². The molecule has 0 saturated heterocycles. The Morgan fingerprint density at radius 3 is 2.69 bits per heavy atom. The van der Waals surface area contributed by atoms with E-state index in [1.165, 1.54) is 0 Å². The number of carbonyl (C=O) groups is 1. The monoisotopic (exact) mass is 392 g/mol. The average molecular weight is 392 g/mol. The largest absolute Gasteiger partial charge is 0.319 e. The van der Waals surface area contributed by atoms with Gasteiger partial charge < -0.3 is 5.32 Å². The second-order valence-electron chi connectivity index (χ2n) is 7.17. The summed E-state index contributed by atoms with van der Waals surface area (Å²) in [6, 6.07) is 1.79. The van der Waals surface area contributed by atoms with E-state index >= 15 is 0 Å². The number of fused-ring (bicyclic) bond motifs is 1. The highest BCUT2D eigenvalue weighted by atomic mass is 16.1. The van der Waals surface area contributed by atoms with Gasteiger partial charge in [0.15, 0.2) is 5.65 Å². The van der Waals surface area contributed by atoms with Gasteiger partial charge in [0.05, 0.1) is 41.3 Å². The SMILES string of the molecule is CCn1ncc(Cn2cc(NC(=O)c3cc(C)nc4c3c(C)nn4C)cn2)c1C. The first-order valence-electron chi connectivity index (χ1n) is 9.53. The minimum atomic E-state index is -0.203. The maximum absolute atomic E-state index is 13.0. The summed E-state index contributed by atoms with van der Waals surface area (Å²) < 4.78 is 5.45. The Labute approximate surface area is 168 Å². The summed E-state index contributed by atoms with van der Waals surface area (Å²) >= 11 is 0. The van der Waals surface area contributed by atoms with E-state index < -0.39 is 0 Å². The Bertz CT molecular complexity index is 1210. The van der Waals surface area contributed by atoms with Crippen LogP contribution in [0.3, 0.4) is 0 Å². The van der Waals surface area contributed by atoms with E-state index in [1.807, 2.05) is 44.9 Å². The Morgan fingerprint density at radius 1 is 1.17 bits per heavy atom. The van der Waals surface area contributed by atoms with Crippen LogP contribution in [-0.4, -0.2) is 40.2 Å². The lowest BCUT2D eigenvalue weighted by molar-refractivity contribution is 0.102. The molecule has 0 aromatic carbocycles. The summed E-state index contributed by atoms with van der Waals surface area (Å²) in [5.41, 5.74) is 5.67. The van der Waals surface area contributed by atoms with Gasteiger partial charge in [0.2, 0.25) is 0 Å². The van der Waals surface area contributed by atoms with E-state index in [-0.39, 0.29) is 5.91 Å². The van der Waals surface area contributed by atoms with Gasteiger partial charge in [0, 0.05) is 36.7 Å². The number of hydrogen-bond donors (Lipinski definition) is 1. The normalized spacial score (nSPS) is 11.3. The molecule has 4 heterocycles. The lowest BCUT2D eigenvalue weighted by atomic mass is 10.1. The number of anilines is 1. The summed E-state index contributed by atoms with van der Waals surface area (Å²) in [7, 11) is 1.83. The van der Waals surface area contributed by atoms with Crippen LogP contribution in [0.2, 0.25) is 0 Å². The molecule has 4 aromatic rings. The zero-order chi connectivity index (χ0) is 20.7. The van der Waals surface area contributed by atoms with Crippen molar-refractivity contribution in [3.63, 3.8) is 0 Å². The summed E-state index contributed by atoms with van der Waals surface area (Å²) in [4.78, 5) is 17.5. The number of nitrogens with zero attached hydrogens (tertiary/aromatic N) is 7. The number of rotatable bonds is 5. The predicted octanol–water partition coefficient (Wildman–Crippen LogP) is 2.61. The van der Waals surface area contributed by atoms with Crippen LogP contribution < -0.4 is 5.32 Å². The molecular formula is C20H24N8O. The molecule has 0 unspecified atom stereocenters. The number of pyridine rings is 1. The first-order valence-corrected chi connectivity index (χ1v) is 9.53. The molecule has 0 bridgehead atoms. The van der Waals surface area contributed by atoms with E-state index in [9.17, 15) is 4.79 Å². The Balaban J connectivity index is 1.57. The highest BCUT2D eigenvalue weighted by molar-refractivity contribution is 6.12. The highest BCUT2D eigenvalue weighted by Crippen LogP contribution is 2.23. The molecule has 0 radical (unpaired) electrons. The van der Waals surface area contributed by atoms with Gasteiger partial charge in [-0.05, 0) is 33.8 Å². The first-order chi connectivity index (χ1) is 13.9. The summed E-state index contributed by atoms with van der Waals surface area (Å²) in [5, 5.41) is 16.8. The quantitative estimate of drug-likeness (QED) is 0.563. The molecule has 29 heavy (non-hydrogen) atoms. The third-order valence-corrected chi connectivity index (χ3v) is 5.07. The van der Waals surface area contributed by atoms with Crippen molar-refractivity contribution < 1.29 is 4.79 Å². The highest BCUT2D eigenvalue weighted by Gasteiger charge is 2.18. The first kappa shape index (κ1) is 18.9. The van der Waals surface area contributed by atoms with Gasteiger partial charge in [-0.25, -0.2) is 4.98 Å². The third-order valence-electron chi connectivity index (χ3n) is 5.07. The van der Waals surface area contributed by atoms with Gasteiger partial charge in [0.25, 0.3) is 5.91 Å². The minimum Gasteiger partial charge on any atom is -0.319 e. The molecule has 0 fully saturated rings. The van der Waals surface area contributed by atoms with Gasteiger partial charge in [-0.3, -0.25) is 18.8 Å². The second kappa shape index (κ2) is 7.16. The van der Waals surface area contributed by atoms with Crippen LogP contribution in [0.25, 0.3) is 11.0 Å². The molecule has 0 aliphatic heterocycles. The van der Waals surface area contributed by atoms with E-state index in [2.05, 4.69) is 32.5 Å². The lowest BCUT2D eigenvalue weighted by Gasteiger charge is -2.06. The summed E-state index contributed by atoms with van der Waals surface area (Å²) in [6.07, 6.45) is 5.33. The van der Waals surface area contributed by atoms with Crippen molar-refractivity contribution in [3.8, 4) is 0 Å². The second-order valence-corrected chi connectivity index (χ2v) is 7.17. The molecule has 9 heteroatoms. The number of aromatic nitrogens is 7. The Hall–Kier alpha value is -3.49. The molecular weight excluding hydrogens is 368 g/mol. The van der Waals surface area contributed by atoms with Gasteiger partial charge in [-0.15, -0.1) is 0 Å². The topological polar surface area (TPSA) is 95.5 Å². The van der Waals surface area contributed by atoms with Crippen LogP contribution >= 0.6 is 0 Å². The molecule has 1 N–H and O–H groups in total. The van der Waals surface area contributed by atoms with E-state index in [0.717, 1.165) is 34.6 Å². The molecule has 0 spiro atoms. The number of nitrogens with one attached hydrogen (secondary N) is 1. The molecule has 150 valence electrons. The zero-order valence-corrected chi connectivity index (χ0v) is 17.3. The fourth-order valence-electron chi connectivity index (χ4n) is 3.60. The minimum absolute atomic E-state index is 0.203. The van der Waals surface area contributed by atoms with Gasteiger partial charge in [-0.2, -0.15) is 15.3 Å². The van der Waals surface area contributed by atoms with Crippen molar-refractivity contribution in [1.82, 2.24) is 34.3 Å². The fraction of sp³-hybridized carbons (Fsp3) is 0.350. The average Bonchev–Trinajstić information content (AvgIpc) is 3.34. The molecule has 0 aliphatic carbocycles. The number of carbonyl (C=O) groups excluding carboxylic acids is 1. The summed E-state index contributed by atoms with van der Waals surface area (Å²) in [6.45, 7) is 9.29. The van der Waals surface area contributed by atoms with Gasteiger partial charge in [-0.1, -0.05) is 0 Å². The van der Waals surface area contributed by atoms with E-state index in [1.54, 1.807) is 21.6 Å². The van der Waals surface area contributed by atoms with E-state index in [4.69, 9.17) is 0 Å². The van der Waals surface area contributed by atoms with Gasteiger partial charge in [0.1, 0.15) is 0 Å². The summed E-state index contributed by atoms with van der Waals surface area (Å²) in [5.74, 6) is -0.203. The molecule has 0 atom stereocenters. The van der Waals surface area contributed by atoms with Crippen molar-refractivity contribution in [3.05, 3.63) is 52.9 Å². The van der Waals surface area contributed by atoms with Crippen molar-refractivity contribution in [2.24, 2.45) is 7.05 Å². The molecule has 9 nitrogen and oxygen atoms in total. The number of hydrogen-bond acceptors (Lipinski definition) is 5. The van der Waals surface area contributed by atoms with Crippen molar-refractivity contribution in [2.75, 3.05) is 5.32 Å². The molecule has 4 rings (SSSR count). The maximum atomic E-state index is 13.0. The van der Waals surface area contributed by atoms with Crippen molar-refractivity contribution in [2.45, 2.75) is 40.8 Å².